The molecule has 3 N–H and O–H groups in total. The van der Waals surface area contributed by atoms with Crippen molar-refractivity contribution in [3.05, 3.63) is 29.5 Å². The molecule has 0 spiro atoms. The molecule has 2 aromatic rings. The van der Waals surface area contributed by atoms with E-state index in [1.807, 2.05) is 39.8 Å². The lowest BCUT2D eigenvalue weighted by atomic mass is 9.97. The first kappa shape index (κ1) is 25.2. The third kappa shape index (κ3) is 4.92. The quantitative estimate of drug-likeness (QED) is 0.602. The van der Waals surface area contributed by atoms with Crippen LogP contribution >= 0.6 is 0 Å². The number of aromatic nitrogens is 1. The van der Waals surface area contributed by atoms with E-state index in [0.717, 1.165) is 0 Å². The van der Waals surface area contributed by atoms with Crippen molar-refractivity contribution in [2.75, 3.05) is 27.8 Å². The summed E-state index contributed by atoms with van der Waals surface area (Å²) in [4.78, 5) is 30.2. The van der Waals surface area contributed by atoms with Crippen molar-refractivity contribution in [3.63, 3.8) is 0 Å². The number of nitrogens with zero attached hydrogens (tertiary/aromatic N) is 2. The number of rotatable bonds is 7. The molecule has 182 valence electrons. The number of nitrogens with two attached hydrogens (primary N) is 1. The van der Waals surface area contributed by atoms with Crippen molar-refractivity contribution in [2.24, 2.45) is 11.7 Å². The predicted molar refractivity (Wildman–Crippen MR) is 128 cm³/mol. The molecule has 0 saturated carbocycles. The molecule has 8 nitrogen and oxygen atoms in total. The fourth-order valence-electron chi connectivity index (χ4n) is 3.74. The molecule has 2 heterocycles. The second kappa shape index (κ2) is 9.85. The number of alkyl halides is 1. The number of primary amides is 1. The Morgan fingerprint density at radius 1 is 1.32 bits per heavy atom. The van der Waals surface area contributed by atoms with Crippen LogP contribution < -0.4 is 20.5 Å². The van der Waals surface area contributed by atoms with Crippen LogP contribution in [0.5, 0.6) is 11.6 Å². The molecule has 1 saturated heterocycles. The third-order valence-electron chi connectivity index (χ3n) is 6.40. The Morgan fingerprint density at radius 2 is 2.03 bits per heavy atom. The Kier molecular flexibility index (Phi) is 7.32. The van der Waals surface area contributed by atoms with E-state index in [2.05, 4.69) is 22.1 Å². The van der Waals surface area contributed by atoms with E-state index in [9.17, 15) is 14.0 Å². The van der Waals surface area contributed by atoms with E-state index < -0.39 is 35.5 Å². The molecule has 2 amide bonds. The van der Waals surface area contributed by atoms with Gasteiger partial charge in [0.15, 0.2) is 6.17 Å². The van der Waals surface area contributed by atoms with Crippen molar-refractivity contribution in [3.8, 4) is 23.5 Å². The highest BCUT2D eigenvalue weighted by Gasteiger charge is 2.41. The van der Waals surface area contributed by atoms with Crippen LogP contribution in [0.1, 0.15) is 43.1 Å². The Hall–Kier alpha value is -3.38. The predicted octanol–water partition coefficient (Wildman–Crippen LogP) is 2.28. The summed E-state index contributed by atoms with van der Waals surface area (Å²) in [5, 5.41) is 3.83. The molecule has 0 radical (unpaired) electrons. The third-order valence-corrected chi connectivity index (χ3v) is 6.40. The summed E-state index contributed by atoms with van der Waals surface area (Å²) < 4.78 is 25.5. The van der Waals surface area contributed by atoms with Gasteiger partial charge >= 0.3 is 0 Å². The van der Waals surface area contributed by atoms with Crippen molar-refractivity contribution >= 4 is 22.6 Å². The summed E-state index contributed by atoms with van der Waals surface area (Å²) >= 11 is 0. The second-order valence-electron chi connectivity index (χ2n) is 9.04. The lowest BCUT2D eigenvalue weighted by molar-refractivity contribution is -0.123. The van der Waals surface area contributed by atoms with Crippen LogP contribution in [0.15, 0.2) is 18.3 Å². The second-order valence-corrected chi connectivity index (χ2v) is 9.04. The number of halogens is 1. The molecule has 1 fully saturated rings. The molecule has 0 bridgehead atoms. The smallest absolute Gasteiger partial charge is 0.255 e. The summed E-state index contributed by atoms with van der Waals surface area (Å²) in [5.74, 6) is 5.17. The highest BCUT2D eigenvalue weighted by Crippen LogP contribution is 2.33. The summed E-state index contributed by atoms with van der Waals surface area (Å²) in [6, 6.07) is 2.76. The minimum Gasteiger partial charge on any atom is -0.496 e. The van der Waals surface area contributed by atoms with E-state index in [1.165, 1.54) is 7.11 Å². The molecule has 34 heavy (non-hydrogen) atoms. The summed E-state index contributed by atoms with van der Waals surface area (Å²) in [6.45, 7) is 5.86. The standard InChI is InChI=1S/C25H31FN4O4/c1-7-15-19(29-23(32)21(15)26)13-34-24-17-11-20(33-6)18(22(27)31)10-16(17)14(12-28-24)8-9-25(2,3)30(4)5/h10-12,15,19,21H,7,13H2,1-6H3,(H2,27,31)(H,29,32)/t15-,19+,21-/m0/s1. The van der Waals surface area contributed by atoms with Crippen molar-refractivity contribution in [2.45, 2.75) is 44.9 Å². The van der Waals surface area contributed by atoms with Crippen molar-refractivity contribution < 1.29 is 23.5 Å². The Morgan fingerprint density at radius 3 is 2.62 bits per heavy atom. The van der Waals surface area contributed by atoms with Gasteiger partial charge in [0.25, 0.3) is 11.8 Å². The molecule has 0 aliphatic carbocycles. The van der Waals surface area contributed by atoms with Gasteiger partial charge in [-0.3, -0.25) is 14.5 Å². The Balaban J connectivity index is 2.07. The molecule has 0 unspecified atom stereocenters. The number of nitrogens with one attached hydrogen (secondary N) is 1. The number of carbonyl (C=O) groups excluding carboxylic acids is 2. The van der Waals surface area contributed by atoms with E-state index >= 15 is 0 Å². The summed E-state index contributed by atoms with van der Waals surface area (Å²) in [6.07, 6.45) is 0.503. The maximum Gasteiger partial charge on any atom is 0.255 e. The fraction of sp³-hybridized carbons (Fsp3) is 0.480. The average Bonchev–Trinajstić information content (AvgIpc) is 3.07. The number of fused-ring (bicyclic) bond motifs is 1. The fourth-order valence-corrected chi connectivity index (χ4v) is 3.74. The first-order valence-electron chi connectivity index (χ1n) is 11.1. The van der Waals surface area contributed by atoms with Gasteiger partial charge in [0.2, 0.25) is 5.88 Å². The van der Waals surface area contributed by atoms with Gasteiger partial charge in [0.05, 0.1) is 29.8 Å². The van der Waals surface area contributed by atoms with Crippen LogP contribution in [0.4, 0.5) is 4.39 Å². The first-order valence-corrected chi connectivity index (χ1v) is 11.1. The van der Waals surface area contributed by atoms with Crippen LogP contribution in [0.25, 0.3) is 10.8 Å². The van der Waals surface area contributed by atoms with Crippen LogP contribution in [0.2, 0.25) is 0 Å². The van der Waals surface area contributed by atoms with Gasteiger partial charge in [-0.25, -0.2) is 9.37 Å². The van der Waals surface area contributed by atoms with Crippen molar-refractivity contribution in [1.29, 1.82) is 0 Å². The van der Waals surface area contributed by atoms with Gasteiger partial charge in [0.1, 0.15) is 12.4 Å². The van der Waals surface area contributed by atoms with Gasteiger partial charge in [0, 0.05) is 22.9 Å². The van der Waals surface area contributed by atoms with E-state index in [-0.39, 0.29) is 23.8 Å². The lowest BCUT2D eigenvalue weighted by Gasteiger charge is -2.26. The highest BCUT2D eigenvalue weighted by molar-refractivity contribution is 6.03. The Labute approximate surface area is 199 Å². The number of hydrogen-bond acceptors (Lipinski definition) is 6. The number of ether oxygens (including phenoxy) is 2. The molecule has 9 heteroatoms. The van der Waals surface area contributed by atoms with Gasteiger partial charge in [-0.05, 0) is 46.5 Å². The summed E-state index contributed by atoms with van der Waals surface area (Å²) in [5.41, 5.74) is 5.96. The van der Waals surface area contributed by atoms with Gasteiger partial charge in [-0.2, -0.15) is 0 Å². The van der Waals surface area contributed by atoms with Crippen molar-refractivity contribution in [1.82, 2.24) is 15.2 Å². The van der Waals surface area contributed by atoms with Crippen LogP contribution in [-0.2, 0) is 4.79 Å². The minimum atomic E-state index is -1.56. The van der Waals surface area contributed by atoms with Crippen LogP contribution in [-0.4, -0.2) is 67.3 Å². The van der Waals surface area contributed by atoms with Crippen LogP contribution in [0.3, 0.4) is 0 Å². The zero-order chi connectivity index (χ0) is 25.2. The van der Waals surface area contributed by atoms with E-state index in [0.29, 0.717) is 22.8 Å². The molecule has 1 aromatic carbocycles. The Bertz CT molecular complexity index is 1170. The average molecular weight is 471 g/mol. The molecule has 1 aliphatic rings. The number of pyridine rings is 1. The van der Waals surface area contributed by atoms with E-state index in [1.54, 1.807) is 18.3 Å². The zero-order valence-electron chi connectivity index (χ0n) is 20.4. The summed E-state index contributed by atoms with van der Waals surface area (Å²) in [7, 11) is 5.31. The topological polar surface area (TPSA) is 107 Å². The first-order chi connectivity index (χ1) is 16.0. The SMILES string of the molecule is CC[C@@H]1[C@H](F)C(=O)N[C@@H]1COc1ncc(C#CC(C)(C)N(C)C)c2cc(C(N)=O)c(OC)cc12. The molecular formula is C25H31FN4O4. The number of carbonyl (C=O) groups is 2. The normalized spacial score (nSPS) is 20.1. The monoisotopic (exact) mass is 470 g/mol. The maximum absolute atomic E-state index is 14.2. The van der Waals surface area contributed by atoms with Gasteiger partial charge < -0.3 is 20.5 Å². The molecule has 3 atom stereocenters. The molecule has 1 aliphatic heterocycles. The molecular weight excluding hydrogens is 439 g/mol. The maximum atomic E-state index is 14.2. The number of methoxy groups -OCH3 is 1. The van der Waals surface area contributed by atoms with Gasteiger partial charge in [-0.15, -0.1) is 0 Å². The zero-order valence-corrected chi connectivity index (χ0v) is 20.4. The number of amides is 2. The number of hydrogen-bond donors (Lipinski definition) is 2. The largest absolute Gasteiger partial charge is 0.496 e. The molecule has 3 rings (SSSR count). The van der Waals surface area contributed by atoms with Crippen LogP contribution in [0, 0.1) is 17.8 Å². The lowest BCUT2D eigenvalue weighted by Crippen LogP contribution is -2.36. The van der Waals surface area contributed by atoms with E-state index in [4.69, 9.17) is 15.2 Å². The number of benzene rings is 1. The minimum absolute atomic E-state index is 0.0470. The highest BCUT2D eigenvalue weighted by atomic mass is 19.1. The van der Waals surface area contributed by atoms with Gasteiger partial charge in [-0.1, -0.05) is 18.8 Å². The molecule has 1 aromatic heterocycles.